The van der Waals surface area contributed by atoms with Gasteiger partial charge in [-0.05, 0) is 35.9 Å². The Morgan fingerprint density at radius 1 is 1.08 bits per heavy atom. The zero-order valence-corrected chi connectivity index (χ0v) is 12.4. The zero-order valence-electron chi connectivity index (χ0n) is 12.4. The third-order valence-electron chi connectivity index (χ3n) is 3.36. The van der Waals surface area contributed by atoms with Crippen molar-refractivity contribution in [1.82, 2.24) is 9.97 Å². The number of hydrogen-bond donors (Lipinski definition) is 1. The largest absolute Gasteiger partial charge is 0.573 e. The molecule has 0 radical (unpaired) electrons. The Labute approximate surface area is 134 Å². The Hall–Kier alpha value is -2.61. The summed E-state index contributed by atoms with van der Waals surface area (Å²) in [6.45, 7) is 0. The van der Waals surface area contributed by atoms with Crippen molar-refractivity contribution >= 4 is 11.0 Å². The Morgan fingerprint density at radius 3 is 2.42 bits per heavy atom. The van der Waals surface area contributed by atoms with E-state index in [1.807, 2.05) is 0 Å². The molecule has 0 bridgehead atoms. The van der Waals surface area contributed by atoms with E-state index in [-0.39, 0.29) is 5.75 Å². The maximum Gasteiger partial charge on any atom is 0.573 e. The number of alkyl halides is 3. The molecule has 1 N–H and O–H groups in total. The van der Waals surface area contributed by atoms with Crippen LogP contribution in [-0.4, -0.2) is 23.4 Å². The van der Waals surface area contributed by atoms with Gasteiger partial charge in [-0.1, -0.05) is 12.1 Å². The number of aromatic nitrogens is 2. The normalized spacial score (nSPS) is 13.2. The van der Waals surface area contributed by atoms with Crippen molar-refractivity contribution in [2.24, 2.45) is 0 Å². The molecule has 0 aliphatic rings. The molecule has 4 nitrogen and oxygen atoms in total. The minimum atomic E-state index is -4.75. The lowest BCUT2D eigenvalue weighted by molar-refractivity contribution is -0.274. The molecule has 0 amide bonds. The molecule has 1 heterocycles. The number of rotatable bonds is 4. The molecule has 0 aliphatic heterocycles. The third-order valence-corrected chi connectivity index (χ3v) is 3.36. The lowest BCUT2D eigenvalue weighted by Gasteiger charge is -2.14. The highest BCUT2D eigenvalue weighted by Crippen LogP contribution is 2.29. The second-order valence-corrected chi connectivity index (χ2v) is 5.02. The van der Waals surface area contributed by atoms with Crippen molar-refractivity contribution in [3.63, 3.8) is 0 Å². The van der Waals surface area contributed by atoms with Gasteiger partial charge in [-0.2, -0.15) is 0 Å². The van der Waals surface area contributed by atoms with Gasteiger partial charge in [0.25, 0.3) is 0 Å². The molecule has 3 aromatic rings. The molecule has 3 rings (SSSR count). The number of ether oxygens (including phenoxy) is 2. The summed E-state index contributed by atoms with van der Waals surface area (Å²) in [5, 5.41) is 0. The number of imidazole rings is 1. The van der Waals surface area contributed by atoms with Crippen LogP contribution in [0, 0.1) is 5.82 Å². The average molecular weight is 340 g/mol. The molecular weight excluding hydrogens is 328 g/mol. The standard InChI is InChI=1S/C16H12F4N2O2/c1-23-14(9-2-5-11(6-3-9)24-16(18,19)20)15-21-12-7-4-10(17)8-13(12)22-15/h2-8,14H,1H3,(H,21,22). The number of H-pyrrole nitrogens is 1. The number of hydrogen-bond acceptors (Lipinski definition) is 3. The van der Waals surface area contributed by atoms with Crippen molar-refractivity contribution in [3.8, 4) is 5.75 Å². The summed E-state index contributed by atoms with van der Waals surface area (Å²) in [5.74, 6) is -0.310. The fourth-order valence-electron chi connectivity index (χ4n) is 2.38. The van der Waals surface area contributed by atoms with E-state index in [9.17, 15) is 17.6 Å². The van der Waals surface area contributed by atoms with Crippen molar-refractivity contribution in [2.45, 2.75) is 12.5 Å². The maximum atomic E-state index is 13.2. The molecule has 1 aromatic heterocycles. The molecule has 0 saturated carbocycles. The summed E-state index contributed by atoms with van der Waals surface area (Å²) in [5.41, 5.74) is 1.64. The van der Waals surface area contributed by atoms with E-state index in [4.69, 9.17) is 4.74 Å². The first-order chi connectivity index (χ1) is 11.4. The van der Waals surface area contributed by atoms with Crippen LogP contribution in [-0.2, 0) is 4.74 Å². The highest BCUT2D eigenvalue weighted by atomic mass is 19.4. The van der Waals surface area contributed by atoms with Gasteiger partial charge in [0.05, 0.1) is 11.0 Å². The highest BCUT2D eigenvalue weighted by Gasteiger charge is 2.31. The minimum Gasteiger partial charge on any atom is -0.406 e. The van der Waals surface area contributed by atoms with Crippen molar-refractivity contribution < 1.29 is 27.0 Å². The Morgan fingerprint density at radius 2 is 1.79 bits per heavy atom. The van der Waals surface area contributed by atoms with Gasteiger partial charge in [0.1, 0.15) is 23.5 Å². The van der Waals surface area contributed by atoms with E-state index in [2.05, 4.69) is 14.7 Å². The topological polar surface area (TPSA) is 47.1 Å². The average Bonchev–Trinajstić information content (AvgIpc) is 2.91. The van der Waals surface area contributed by atoms with Gasteiger partial charge in [-0.15, -0.1) is 13.2 Å². The smallest absolute Gasteiger partial charge is 0.406 e. The number of methoxy groups -OCH3 is 1. The van der Waals surface area contributed by atoms with Crippen LogP contribution in [0.5, 0.6) is 5.75 Å². The summed E-state index contributed by atoms with van der Waals surface area (Å²) in [6, 6.07) is 9.40. The number of benzene rings is 2. The summed E-state index contributed by atoms with van der Waals surface area (Å²) in [6.07, 6.45) is -5.38. The van der Waals surface area contributed by atoms with Crippen LogP contribution in [0.4, 0.5) is 17.6 Å². The Kier molecular flexibility index (Phi) is 4.15. The van der Waals surface area contributed by atoms with Gasteiger partial charge in [-0.25, -0.2) is 9.37 Å². The minimum absolute atomic E-state index is 0.326. The number of halogens is 4. The number of aromatic amines is 1. The van der Waals surface area contributed by atoms with Crippen LogP contribution >= 0.6 is 0 Å². The molecular formula is C16H12F4N2O2. The zero-order chi connectivity index (χ0) is 17.3. The van der Waals surface area contributed by atoms with Crippen LogP contribution in [0.2, 0.25) is 0 Å². The summed E-state index contributed by atoms with van der Waals surface area (Å²) in [4.78, 5) is 7.28. The van der Waals surface area contributed by atoms with Crippen LogP contribution in [0.25, 0.3) is 11.0 Å². The second kappa shape index (κ2) is 6.12. The lowest BCUT2D eigenvalue weighted by Crippen LogP contribution is -2.17. The molecule has 8 heteroatoms. The summed E-state index contributed by atoms with van der Waals surface area (Å²) >= 11 is 0. The van der Waals surface area contributed by atoms with Gasteiger partial charge in [-0.3, -0.25) is 0 Å². The predicted molar refractivity (Wildman–Crippen MR) is 78.0 cm³/mol. The Bertz CT molecular complexity index is 843. The lowest BCUT2D eigenvalue weighted by atomic mass is 10.1. The quantitative estimate of drug-likeness (QED) is 0.719. The van der Waals surface area contributed by atoms with Crippen LogP contribution in [0.3, 0.4) is 0 Å². The van der Waals surface area contributed by atoms with Gasteiger partial charge in [0, 0.05) is 7.11 Å². The first kappa shape index (κ1) is 16.3. The second-order valence-electron chi connectivity index (χ2n) is 5.02. The van der Waals surface area contributed by atoms with Crippen molar-refractivity contribution in [1.29, 1.82) is 0 Å². The molecule has 0 saturated heterocycles. The number of nitrogens with zero attached hydrogens (tertiary/aromatic N) is 1. The Balaban J connectivity index is 1.89. The number of fused-ring (bicyclic) bond motifs is 1. The molecule has 0 spiro atoms. The molecule has 1 unspecified atom stereocenters. The molecule has 24 heavy (non-hydrogen) atoms. The van der Waals surface area contributed by atoms with E-state index >= 15 is 0 Å². The summed E-state index contributed by atoms with van der Waals surface area (Å²) < 4.78 is 59.0. The van der Waals surface area contributed by atoms with Gasteiger partial charge in [0.2, 0.25) is 0 Å². The SMILES string of the molecule is COC(c1ccc(OC(F)(F)F)cc1)c1nc2ccc(F)cc2[nH]1. The molecule has 0 aliphatic carbocycles. The fraction of sp³-hybridized carbons (Fsp3) is 0.188. The fourth-order valence-corrected chi connectivity index (χ4v) is 2.38. The monoisotopic (exact) mass is 340 g/mol. The molecule has 2 aromatic carbocycles. The first-order valence-electron chi connectivity index (χ1n) is 6.89. The van der Waals surface area contributed by atoms with Crippen LogP contribution < -0.4 is 4.74 Å². The molecule has 0 fully saturated rings. The van der Waals surface area contributed by atoms with E-state index < -0.39 is 18.3 Å². The van der Waals surface area contributed by atoms with Gasteiger partial charge >= 0.3 is 6.36 Å². The predicted octanol–water partition coefficient (Wildman–Crippen LogP) is 4.34. The highest BCUT2D eigenvalue weighted by molar-refractivity contribution is 5.75. The number of nitrogens with one attached hydrogen (secondary N) is 1. The van der Waals surface area contributed by atoms with Gasteiger partial charge in [0.15, 0.2) is 0 Å². The molecule has 1 atom stereocenters. The molecule has 126 valence electrons. The van der Waals surface area contributed by atoms with Crippen molar-refractivity contribution in [3.05, 3.63) is 59.7 Å². The third kappa shape index (κ3) is 3.48. The van der Waals surface area contributed by atoms with Crippen LogP contribution in [0.1, 0.15) is 17.5 Å². The van der Waals surface area contributed by atoms with Gasteiger partial charge < -0.3 is 14.5 Å². The maximum absolute atomic E-state index is 13.2. The van der Waals surface area contributed by atoms with E-state index in [0.29, 0.717) is 22.4 Å². The first-order valence-corrected chi connectivity index (χ1v) is 6.89. The summed E-state index contributed by atoms with van der Waals surface area (Å²) in [7, 11) is 1.44. The van der Waals surface area contributed by atoms with Crippen LogP contribution in [0.15, 0.2) is 42.5 Å². The van der Waals surface area contributed by atoms with Crippen molar-refractivity contribution in [2.75, 3.05) is 7.11 Å². The van der Waals surface area contributed by atoms with E-state index in [1.54, 1.807) is 0 Å². The van der Waals surface area contributed by atoms with E-state index in [0.717, 1.165) is 0 Å². The van der Waals surface area contributed by atoms with E-state index in [1.165, 1.54) is 49.6 Å².